The van der Waals surface area contributed by atoms with Crippen molar-refractivity contribution in [1.29, 1.82) is 0 Å². The second kappa shape index (κ2) is 7.72. The Bertz CT molecular complexity index is 835. The van der Waals surface area contributed by atoms with Crippen molar-refractivity contribution in [3.63, 3.8) is 0 Å². The van der Waals surface area contributed by atoms with Crippen LogP contribution in [0.1, 0.15) is 44.1 Å². The topological polar surface area (TPSA) is 80.8 Å². The highest BCUT2D eigenvalue weighted by molar-refractivity contribution is 7.13. The first-order valence-electron chi connectivity index (χ1n) is 8.99. The number of methoxy groups -OCH3 is 1. The molecular weight excluding hydrogens is 366 g/mol. The summed E-state index contributed by atoms with van der Waals surface area (Å²) in [6, 6.07) is 6.13. The third kappa shape index (κ3) is 4.68. The van der Waals surface area contributed by atoms with Gasteiger partial charge in [-0.3, -0.25) is 0 Å². The highest BCUT2D eigenvalue weighted by Gasteiger charge is 2.27. The zero-order valence-electron chi connectivity index (χ0n) is 16.1. The van der Waals surface area contributed by atoms with Crippen molar-refractivity contribution >= 4 is 39.4 Å². The van der Waals surface area contributed by atoms with Crippen molar-refractivity contribution in [3.05, 3.63) is 23.9 Å². The molecule has 1 aromatic heterocycles. The Balaban J connectivity index is 1.59. The smallest absolute Gasteiger partial charge is 0.410 e. The Labute approximate surface area is 162 Å². The van der Waals surface area contributed by atoms with Gasteiger partial charge in [0, 0.05) is 30.2 Å². The maximum absolute atomic E-state index is 12.1. The highest BCUT2D eigenvalue weighted by Crippen LogP contribution is 2.28. The van der Waals surface area contributed by atoms with Crippen LogP contribution in [-0.4, -0.2) is 53.2 Å². The maximum Gasteiger partial charge on any atom is 0.410 e. The van der Waals surface area contributed by atoms with Crippen LogP contribution in [0.4, 0.5) is 10.5 Å². The fourth-order valence-corrected chi connectivity index (χ4v) is 3.85. The number of piperidine rings is 1. The minimum absolute atomic E-state index is 0.248. The van der Waals surface area contributed by atoms with Gasteiger partial charge < -0.3 is 19.7 Å². The number of rotatable bonds is 3. The molecular formula is C19H25N3O4S. The van der Waals surface area contributed by atoms with Crippen molar-refractivity contribution in [2.75, 3.05) is 25.5 Å². The number of hydrogen-bond acceptors (Lipinski definition) is 7. The molecule has 2 aromatic rings. The summed E-state index contributed by atoms with van der Waals surface area (Å²) in [5, 5.41) is 4.32. The standard InChI is InChI=1S/C19H25N3O4S/c1-19(2,3)26-18(24)22-9-7-12(8-10-22)20-13-5-6-14-15(11-13)27-21-16(14)17(23)25-4/h5-6,11-12,20H,7-10H2,1-4H3. The Morgan fingerprint density at radius 2 is 1.96 bits per heavy atom. The third-order valence-corrected chi connectivity index (χ3v) is 5.18. The lowest BCUT2D eigenvalue weighted by Crippen LogP contribution is -2.44. The lowest BCUT2D eigenvalue weighted by atomic mass is 10.0. The fraction of sp³-hybridized carbons (Fsp3) is 0.526. The largest absolute Gasteiger partial charge is 0.464 e. The first kappa shape index (κ1) is 19.4. The predicted molar refractivity (Wildman–Crippen MR) is 105 cm³/mol. The summed E-state index contributed by atoms with van der Waals surface area (Å²) >= 11 is 1.28. The lowest BCUT2D eigenvalue weighted by molar-refractivity contribution is 0.0210. The zero-order valence-corrected chi connectivity index (χ0v) is 16.9. The number of benzene rings is 1. The molecule has 0 saturated carbocycles. The van der Waals surface area contributed by atoms with Crippen LogP contribution in [0.3, 0.4) is 0 Å². The predicted octanol–water partition coefficient (Wildman–Crippen LogP) is 3.89. The average molecular weight is 391 g/mol. The van der Waals surface area contributed by atoms with E-state index in [0.29, 0.717) is 18.8 Å². The molecule has 146 valence electrons. The van der Waals surface area contributed by atoms with Gasteiger partial charge in [0.05, 0.1) is 11.8 Å². The minimum Gasteiger partial charge on any atom is -0.464 e. The van der Waals surface area contributed by atoms with Crippen molar-refractivity contribution in [3.8, 4) is 0 Å². The molecule has 0 aliphatic carbocycles. The molecule has 0 bridgehead atoms. The first-order valence-corrected chi connectivity index (χ1v) is 9.76. The van der Waals surface area contributed by atoms with Crippen LogP contribution in [0.25, 0.3) is 10.1 Å². The number of nitrogens with zero attached hydrogens (tertiary/aromatic N) is 2. The summed E-state index contributed by atoms with van der Waals surface area (Å²) in [5.74, 6) is -0.420. The van der Waals surface area contributed by atoms with Crippen LogP contribution in [0.2, 0.25) is 0 Å². The lowest BCUT2D eigenvalue weighted by Gasteiger charge is -2.34. The molecule has 1 aliphatic heterocycles. The van der Waals surface area contributed by atoms with Crippen LogP contribution in [0.15, 0.2) is 18.2 Å². The summed E-state index contributed by atoms with van der Waals surface area (Å²) in [7, 11) is 1.35. The molecule has 2 heterocycles. The van der Waals surface area contributed by atoms with Crippen LogP contribution in [0.5, 0.6) is 0 Å². The molecule has 1 N–H and O–H groups in total. The fourth-order valence-electron chi connectivity index (χ4n) is 3.04. The SMILES string of the molecule is COC(=O)c1nsc2cc(NC3CCN(C(=O)OC(C)(C)C)CC3)ccc12. The number of fused-ring (bicyclic) bond motifs is 1. The molecule has 1 aliphatic rings. The molecule has 0 spiro atoms. The molecule has 27 heavy (non-hydrogen) atoms. The second-order valence-corrected chi connectivity index (χ2v) is 8.42. The summed E-state index contributed by atoms with van der Waals surface area (Å²) in [5.41, 5.74) is 0.868. The van der Waals surface area contributed by atoms with E-state index in [1.807, 2.05) is 39.0 Å². The number of nitrogens with one attached hydrogen (secondary N) is 1. The molecule has 8 heteroatoms. The summed E-state index contributed by atoms with van der Waals surface area (Å²) < 4.78 is 15.3. The summed E-state index contributed by atoms with van der Waals surface area (Å²) in [4.78, 5) is 25.6. The van der Waals surface area contributed by atoms with Gasteiger partial charge in [0.2, 0.25) is 0 Å². The van der Waals surface area contributed by atoms with E-state index in [2.05, 4.69) is 9.69 Å². The van der Waals surface area contributed by atoms with Gasteiger partial charge in [0.15, 0.2) is 5.69 Å². The number of esters is 1. The summed E-state index contributed by atoms with van der Waals surface area (Å²) in [6.45, 7) is 6.96. The van der Waals surface area contributed by atoms with Gasteiger partial charge in [0.25, 0.3) is 0 Å². The van der Waals surface area contributed by atoms with Gasteiger partial charge in [0.1, 0.15) is 5.60 Å². The molecule has 0 unspecified atom stereocenters. The second-order valence-electron chi connectivity index (χ2n) is 7.62. The van der Waals surface area contributed by atoms with E-state index in [4.69, 9.17) is 9.47 Å². The molecule has 0 radical (unpaired) electrons. The highest BCUT2D eigenvalue weighted by atomic mass is 32.1. The molecule has 1 saturated heterocycles. The summed E-state index contributed by atoms with van der Waals surface area (Å²) in [6.07, 6.45) is 1.46. The normalized spacial score (nSPS) is 15.6. The van der Waals surface area contributed by atoms with E-state index in [9.17, 15) is 9.59 Å². The minimum atomic E-state index is -0.473. The number of carbonyl (C=O) groups excluding carboxylic acids is 2. The quantitative estimate of drug-likeness (QED) is 0.800. The van der Waals surface area contributed by atoms with Gasteiger partial charge >= 0.3 is 12.1 Å². The van der Waals surface area contributed by atoms with E-state index in [0.717, 1.165) is 28.6 Å². The van der Waals surface area contributed by atoms with E-state index >= 15 is 0 Å². The van der Waals surface area contributed by atoms with E-state index in [-0.39, 0.29) is 12.1 Å². The van der Waals surface area contributed by atoms with Crippen LogP contribution < -0.4 is 5.32 Å². The molecule has 7 nitrogen and oxygen atoms in total. The van der Waals surface area contributed by atoms with Crippen molar-refractivity contribution < 1.29 is 19.1 Å². The first-order chi connectivity index (χ1) is 12.8. The Morgan fingerprint density at radius 3 is 2.59 bits per heavy atom. The Kier molecular flexibility index (Phi) is 5.55. The van der Waals surface area contributed by atoms with Gasteiger partial charge in [-0.2, -0.15) is 4.37 Å². The van der Waals surface area contributed by atoms with Crippen LogP contribution >= 0.6 is 11.5 Å². The number of carbonyl (C=O) groups is 2. The monoisotopic (exact) mass is 391 g/mol. The van der Waals surface area contributed by atoms with Crippen molar-refractivity contribution in [2.45, 2.75) is 45.3 Å². The molecule has 1 fully saturated rings. The molecule has 0 atom stereocenters. The molecule has 3 rings (SSSR count). The Morgan fingerprint density at radius 1 is 1.26 bits per heavy atom. The number of aromatic nitrogens is 1. The number of likely N-dealkylation sites (tertiary alicyclic amines) is 1. The number of anilines is 1. The van der Waals surface area contributed by atoms with Gasteiger partial charge in [-0.1, -0.05) is 0 Å². The van der Waals surface area contributed by atoms with Gasteiger partial charge in [-0.05, 0) is 63.3 Å². The van der Waals surface area contributed by atoms with E-state index < -0.39 is 11.6 Å². The number of ether oxygens (including phenoxy) is 2. The molecule has 1 amide bonds. The van der Waals surface area contributed by atoms with Gasteiger partial charge in [-0.25, -0.2) is 9.59 Å². The third-order valence-electron chi connectivity index (χ3n) is 4.37. The number of amides is 1. The van der Waals surface area contributed by atoms with E-state index in [1.54, 1.807) is 4.90 Å². The zero-order chi connectivity index (χ0) is 19.6. The maximum atomic E-state index is 12.1. The van der Waals surface area contributed by atoms with Crippen molar-refractivity contribution in [1.82, 2.24) is 9.27 Å². The number of hydrogen-bond donors (Lipinski definition) is 1. The van der Waals surface area contributed by atoms with Crippen molar-refractivity contribution in [2.24, 2.45) is 0 Å². The van der Waals surface area contributed by atoms with Gasteiger partial charge in [-0.15, -0.1) is 0 Å². The van der Waals surface area contributed by atoms with Crippen LogP contribution in [-0.2, 0) is 9.47 Å². The van der Waals surface area contributed by atoms with Crippen LogP contribution in [0, 0.1) is 0 Å². The molecule has 1 aromatic carbocycles. The average Bonchev–Trinajstić information content (AvgIpc) is 3.03. The van der Waals surface area contributed by atoms with E-state index in [1.165, 1.54) is 18.6 Å². The Hall–Kier alpha value is -2.35.